The molecule has 0 atom stereocenters. The largest absolute Gasteiger partial charge is 0.494 e. The van der Waals surface area contributed by atoms with Gasteiger partial charge in [0.2, 0.25) is 0 Å². The first-order chi connectivity index (χ1) is 9.78. The number of pyridine rings is 1. The quantitative estimate of drug-likeness (QED) is 0.908. The van der Waals surface area contributed by atoms with Gasteiger partial charge in [-0.15, -0.1) is 0 Å². The highest BCUT2D eigenvalue weighted by atomic mass is 19.1. The van der Waals surface area contributed by atoms with Crippen LogP contribution in [0.25, 0.3) is 11.3 Å². The van der Waals surface area contributed by atoms with E-state index in [1.54, 1.807) is 37.6 Å². The summed E-state index contributed by atoms with van der Waals surface area (Å²) in [6, 6.07) is 9.44. The molecule has 0 aliphatic heterocycles. The summed E-state index contributed by atoms with van der Waals surface area (Å²) >= 11 is 0. The second-order valence-electron chi connectivity index (χ2n) is 5.02. The Hall–Kier alpha value is -1.94. The molecular formula is C16H17FN2O. The molecular weight excluding hydrogens is 255 g/mol. The van der Waals surface area contributed by atoms with Crippen LogP contribution in [-0.4, -0.2) is 18.1 Å². The summed E-state index contributed by atoms with van der Waals surface area (Å²) in [6.45, 7) is 0.710. The Morgan fingerprint density at radius 2 is 2.20 bits per heavy atom. The number of halogens is 1. The van der Waals surface area contributed by atoms with Crippen molar-refractivity contribution >= 4 is 0 Å². The van der Waals surface area contributed by atoms with Crippen LogP contribution in [0.2, 0.25) is 0 Å². The number of hydrogen-bond acceptors (Lipinski definition) is 3. The number of nitrogens with one attached hydrogen (secondary N) is 1. The minimum Gasteiger partial charge on any atom is -0.494 e. The third-order valence-electron chi connectivity index (χ3n) is 3.45. The molecule has 3 rings (SSSR count). The molecule has 1 saturated carbocycles. The second kappa shape index (κ2) is 5.59. The van der Waals surface area contributed by atoms with E-state index < -0.39 is 0 Å². The van der Waals surface area contributed by atoms with Crippen LogP contribution < -0.4 is 10.1 Å². The normalized spacial score (nSPS) is 14.3. The molecule has 0 saturated heterocycles. The summed E-state index contributed by atoms with van der Waals surface area (Å²) in [5.41, 5.74) is 1.96. The van der Waals surface area contributed by atoms with Crippen molar-refractivity contribution in [2.45, 2.75) is 25.4 Å². The zero-order valence-electron chi connectivity index (χ0n) is 11.4. The average Bonchev–Trinajstić information content (AvgIpc) is 3.29. The van der Waals surface area contributed by atoms with Crippen LogP contribution in [-0.2, 0) is 6.54 Å². The summed E-state index contributed by atoms with van der Waals surface area (Å²) < 4.78 is 19.5. The van der Waals surface area contributed by atoms with E-state index in [0.717, 1.165) is 5.56 Å². The van der Waals surface area contributed by atoms with Crippen LogP contribution in [0.4, 0.5) is 4.39 Å². The zero-order valence-corrected chi connectivity index (χ0v) is 11.4. The van der Waals surface area contributed by atoms with Crippen LogP contribution in [0.5, 0.6) is 5.75 Å². The van der Waals surface area contributed by atoms with Gasteiger partial charge < -0.3 is 10.1 Å². The third kappa shape index (κ3) is 2.80. The SMILES string of the molecule is COc1cccnc1-c1ccc(CNC2CC2)cc1F. The van der Waals surface area contributed by atoms with Crippen molar-refractivity contribution in [3.05, 3.63) is 47.9 Å². The number of aromatic nitrogens is 1. The second-order valence-corrected chi connectivity index (χ2v) is 5.02. The molecule has 1 heterocycles. The van der Waals surface area contributed by atoms with E-state index in [1.165, 1.54) is 12.8 Å². The van der Waals surface area contributed by atoms with Gasteiger partial charge in [0.05, 0.1) is 7.11 Å². The van der Waals surface area contributed by atoms with Gasteiger partial charge in [-0.05, 0) is 42.7 Å². The number of hydrogen-bond donors (Lipinski definition) is 1. The lowest BCUT2D eigenvalue weighted by molar-refractivity contribution is 0.414. The van der Waals surface area contributed by atoms with E-state index in [4.69, 9.17) is 4.74 Å². The highest BCUT2D eigenvalue weighted by Crippen LogP contribution is 2.29. The standard InChI is InChI=1S/C16H17FN2O/c1-20-15-3-2-8-18-16(15)13-7-4-11(9-14(13)17)10-19-12-5-6-12/h2-4,7-9,12,19H,5-6,10H2,1H3. The van der Waals surface area contributed by atoms with Gasteiger partial charge in [-0.1, -0.05) is 6.07 Å². The Kier molecular flexibility index (Phi) is 3.65. The van der Waals surface area contributed by atoms with Gasteiger partial charge >= 0.3 is 0 Å². The van der Waals surface area contributed by atoms with E-state index >= 15 is 0 Å². The number of nitrogens with zero attached hydrogens (tertiary/aromatic N) is 1. The molecule has 1 aliphatic carbocycles. The molecule has 2 aromatic rings. The van der Waals surface area contributed by atoms with Gasteiger partial charge in [0.1, 0.15) is 17.3 Å². The van der Waals surface area contributed by atoms with E-state index in [-0.39, 0.29) is 5.82 Å². The van der Waals surface area contributed by atoms with Crippen molar-refractivity contribution in [1.82, 2.24) is 10.3 Å². The van der Waals surface area contributed by atoms with Crippen LogP contribution in [0, 0.1) is 5.82 Å². The molecule has 0 unspecified atom stereocenters. The number of methoxy groups -OCH3 is 1. The molecule has 20 heavy (non-hydrogen) atoms. The van der Waals surface area contributed by atoms with Gasteiger partial charge in [0, 0.05) is 24.3 Å². The molecule has 0 spiro atoms. The first-order valence-corrected chi connectivity index (χ1v) is 6.79. The molecule has 0 amide bonds. The Labute approximate surface area is 117 Å². The molecule has 104 valence electrons. The van der Waals surface area contributed by atoms with Gasteiger partial charge in [-0.2, -0.15) is 0 Å². The van der Waals surface area contributed by atoms with E-state index in [9.17, 15) is 4.39 Å². The molecule has 1 aromatic heterocycles. The van der Waals surface area contributed by atoms with Crippen molar-refractivity contribution in [3.63, 3.8) is 0 Å². The minimum atomic E-state index is -0.267. The molecule has 1 aromatic carbocycles. The maximum absolute atomic E-state index is 14.3. The molecule has 3 nitrogen and oxygen atoms in total. The molecule has 1 N–H and O–H groups in total. The predicted molar refractivity (Wildman–Crippen MR) is 76.0 cm³/mol. The van der Waals surface area contributed by atoms with Crippen molar-refractivity contribution in [3.8, 4) is 17.0 Å². The highest BCUT2D eigenvalue weighted by molar-refractivity contribution is 5.66. The predicted octanol–water partition coefficient (Wildman–Crippen LogP) is 3.15. The summed E-state index contributed by atoms with van der Waals surface area (Å²) in [5.74, 6) is 0.312. The fourth-order valence-corrected chi connectivity index (χ4v) is 2.17. The van der Waals surface area contributed by atoms with E-state index in [2.05, 4.69) is 10.3 Å². The number of benzene rings is 1. The summed E-state index contributed by atoms with van der Waals surface area (Å²) in [7, 11) is 1.56. The lowest BCUT2D eigenvalue weighted by atomic mass is 10.1. The summed E-state index contributed by atoms with van der Waals surface area (Å²) in [5, 5.41) is 3.37. The van der Waals surface area contributed by atoms with Gasteiger partial charge in [-0.25, -0.2) is 4.39 Å². The van der Waals surface area contributed by atoms with Crippen molar-refractivity contribution in [1.29, 1.82) is 0 Å². The first kappa shape index (κ1) is 13.1. The molecule has 0 radical (unpaired) electrons. The lowest BCUT2D eigenvalue weighted by Gasteiger charge is -2.10. The monoisotopic (exact) mass is 272 g/mol. The summed E-state index contributed by atoms with van der Waals surface area (Å²) in [6.07, 6.45) is 4.09. The van der Waals surface area contributed by atoms with E-state index in [0.29, 0.717) is 29.6 Å². The topological polar surface area (TPSA) is 34.1 Å². The maximum atomic E-state index is 14.3. The van der Waals surface area contributed by atoms with Crippen LogP contribution in [0.3, 0.4) is 0 Å². The molecule has 1 fully saturated rings. The molecule has 4 heteroatoms. The van der Waals surface area contributed by atoms with Gasteiger partial charge in [0.25, 0.3) is 0 Å². The highest BCUT2D eigenvalue weighted by Gasteiger charge is 2.20. The third-order valence-corrected chi connectivity index (χ3v) is 3.45. The van der Waals surface area contributed by atoms with Gasteiger partial charge in [0.15, 0.2) is 0 Å². The Morgan fingerprint density at radius 1 is 1.35 bits per heavy atom. The fourth-order valence-electron chi connectivity index (χ4n) is 2.17. The van der Waals surface area contributed by atoms with Crippen molar-refractivity contribution in [2.75, 3.05) is 7.11 Å². The molecule has 0 bridgehead atoms. The van der Waals surface area contributed by atoms with Gasteiger partial charge in [-0.3, -0.25) is 4.98 Å². The van der Waals surface area contributed by atoms with Crippen LogP contribution in [0.1, 0.15) is 18.4 Å². The smallest absolute Gasteiger partial charge is 0.145 e. The Morgan fingerprint density at radius 3 is 2.90 bits per heavy atom. The number of ether oxygens (including phenoxy) is 1. The molecule has 1 aliphatic rings. The van der Waals surface area contributed by atoms with E-state index in [1.807, 2.05) is 6.07 Å². The van der Waals surface area contributed by atoms with Crippen LogP contribution >= 0.6 is 0 Å². The Bertz CT molecular complexity index is 611. The lowest BCUT2D eigenvalue weighted by Crippen LogP contribution is -2.15. The van der Waals surface area contributed by atoms with Crippen molar-refractivity contribution in [2.24, 2.45) is 0 Å². The number of rotatable bonds is 5. The average molecular weight is 272 g/mol. The first-order valence-electron chi connectivity index (χ1n) is 6.79. The van der Waals surface area contributed by atoms with Crippen molar-refractivity contribution < 1.29 is 9.13 Å². The fraction of sp³-hybridized carbons (Fsp3) is 0.312. The van der Waals surface area contributed by atoms with Crippen LogP contribution in [0.15, 0.2) is 36.5 Å². The minimum absolute atomic E-state index is 0.267. The maximum Gasteiger partial charge on any atom is 0.145 e. The summed E-state index contributed by atoms with van der Waals surface area (Å²) in [4.78, 5) is 4.21. The Balaban J connectivity index is 1.85. The zero-order chi connectivity index (χ0) is 13.9.